The average molecular weight is 240 g/mol. The second-order valence-corrected chi connectivity index (χ2v) is 5.75. The molecule has 0 radical (unpaired) electrons. The van der Waals surface area contributed by atoms with Crippen molar-refractivity contribution in [1.82, 2.24) is 10.2 Å². The van der Waals surface area contributed by atoms with Gasteiger partial charge in [-0.2, -0.15) is 0 Å². The highest BCUT2D eigenvalue weighted by atomic mass is 16.5. The van der Waals surface area contributed by atoms with Crippen LogP contribution in [0.25, 0.3) is 0 Å². The number of nitrogens with one attached hydrogen (secondary N) is 1. The first kappa shape index (κ1) is 13.3. The molecule has 2 aliphatic rings. The van der Waals surface area contributed by atoms with Gasteiger partial charge in [0.1, 0.15) is 0 Å². The van der Waals surface area contributed by atoms with Gasteiger partial charge in [-0.25, -0.2) is 0 Å². The van der Waals surface area contributed by atoms with E-state index in [9.17, 15) is 0 Å². The molecule has 3 nitrogen and oxygen atoms in total. The van der Waals surface area contributed by atoms with Gasteiger partial charge in [-0.05, 0) is 51.7 Å². The van der Waals surface area contributed by atoms with Gasteiger partial charge in [-0.3, -0.25) is 0 Å². The van der Waals surface area contributed by atoms with Crippen molar-refractivity contribution in [3.05, 3.63) is 0 Å². The lowest BCUT2D eigenvalue weighted by Gasteiger charge is -2.21. The lowest BCUT2D eigenvalue weighted by atomic mass is 9.94. The Labute approximate surface area is 106 Å². The number of unbranched alkanes of at least 4 members (excludes halogenated alkanes) is 1. The molecule has 2 heterocycles. The first-order chi connectivity index (χ1) is 8.34. The predicted octanol–water partition coefficient (Wildman–Crippen LogP) is 1.88. The van der Waals surface area contributed by atoms with Crippen molar-refractivity contribution >= 4 is 0 Å². The summed E-state index contributed by atoms with van der Waals surface area (Å²) < 4.78 is 5.39. The van der Waals surface area contributed by atoms with Gasteiger partial charge in [-0.15, -0.1) is 0 Å². The number of ether oxygens (including phenoxy) is 1. The summed E-state index contributed by atoms with van der Waals surface area (Å²) in [5.41, 5.74) is 0. The lowest BCUT2D eigenvalue weighted by Crippen LogP contribution is -2.32. The summed E-state index contributed by atoms with van der Waals surface area (Å²) >= 11 is 0. The van der Waals surface area contributed by atoms with Crippen LogP contribution in [0.1, 0.15) is 38.5 Å². The molecule has 2 saturated heterocycles. The summed E-state index contributed by atoms with van der Waals surface area (Å²) in [4.78, 5) is 2.42. The zero-order valence-electron chi connectivity index (χ0n) is 11.3. The van der Waals surface area contributed by atoms with Gasteiger partial charge in [0.05, 0.1) is 0 Å². The van der Waals surface area contributed by atoms with E-state index in [0.717, 1.165) is 25.2 Å². The fraction of sp³-hybridized carbons (Fsp3) is 1.00. The van der Waals surface area contributed by atoms with Gasteiger partial charge in [0.2, 0.25) is 0 Å². The molecule has 0 aromatic heterocycles. The Morgan fingerprint density at radius 2 is 2.00 bits per heavy atom. The van der Waals surface area contributed by atoms with Crippen molar-refractivity contribution in [2.45, 2.75) is 44.6 Å². The van der Waals surface area contributed by atoms with Crippen molar-refractivity contribution in [1.29, 1.82) is 0 Å². The second kappa shape index (κ2) is 7.34. The Morgan fingerprint density at radius 1 is 1.18 bits per heavy atom. The van der Waals surface area contributed by atoms with Crippen LogP contribution < -0.4 is 5.32 Å². The minimum Gasteiger partial charge on any atom is -0.381 e. The molecule has 2 aliphatic heterocycles. The standard InChI is InChI=1S/C14H28N2O/c1-16-9-5-14(12-16)15-8-3-2-4-13-6-10-17-11-7-13/h13-15H,2-12H2,1H3. The lowest BCUT2D eigenvalue weighted by molar-refractivity contribution is 0.0631. The van der Waals surface area contributed by atoms with E-state index in [4.69, 9.17) is 4.74 Å². The predicted molar refractivity (Wildman–Crippen MR) is 71.3 cm³/mol. The second-order valence-electron chi connectivity index (χ2n) is 5.75. The zero-order chi connectivity index (χ0) is 11.9. The van der Waals surface area contributed by atoms with Crippen LogP contribution in [0.2, 0.25) is 0 Å². The fourth-order valence-electron chi connectivity index (χ4n) is 3.00. The molecule has 17 heavy (non-hydrogen) atoms. The van der Waals surface area contributed by atoms with E-state index in [0.29, 0.717) is 0 Å². The summed E-state index contributed by atoms with van der Waals surface area (Å²) in [5, 5.41) is 3.68. The fourth-order valence-corrected chi connectivity index (χ4v) is 3.00. The van der Waals surface area contributed by atoms with E-state index in [1.807, 2.05) is 0 Å². The van der Waals surface area contributed by atoms with E-state index in [1.54, 1.807) is 0 Å². The van der Waals surface area contributed by atoms with Crippen LogP contribution in [0.3, 0.4) is 0 Å². The Bertz CT molecular complexity index is 198. The van der Waals surface area contributed by atoms with E-state index in [2.05, 4.69) is 17.3 Å². The molecule has 1 unspecified atom stereocenters. The molecule has 0 bridgehead atoms. The van der Waals surface area contributed by atoms with Crippen molar-refractivity contribution in [2.24, 2.45) is 5.92 Å². The number of hydrogen-bond donors (Lipinski definition) is 1. The minimum absolute atomic E-state index is 0.753. The van der Waals surface area contributed by atoms with E-state index >= 15 is 0 Å². The number of nitrogens with zero attached hydrogens (tertiary/aromatic N) is 1. The highest BCUT2D eigenvalue weighted by molar-refractivity contribution is 4.78. The largest absolute Gasteiger partial charge is 0.381 e. The molecule has 100 valence electrons. The molecule has 3 heteroatoms. The summed E-state index contributed by atoms with van der Waals surface area (Å²) in [7, 11) is 2.22. The number of likely N-dealkylation sites (N-methyl/N-ethyl adjacent to an activating group) is 1. The van der Waals surface area contributed by atoms with E-state index in [-0.39, 0.29) is 0 Å². The molecule has 0 aromatic rings. The molecule has 0 aromatic carbocycles. The Morgan fingerprint density at radius 3 is 2.71 bits per heavy atom. The van der Waals surface area contributed by atoms with Gasteiger partial charge >= 0.3 is 0 Å². The number of hydrogen-bond acceptors (Lipinski definition) is 3. The smallest absolute Gasteiger partial charge is 0.0468 e. The highest BCUT2D eigenvalue weighted by Crippen LogP contribution is 2.20. The maximum atomic E-state index is 5.39. The Hall–Kier alpha value is -0.120. The summed E-state index contributed by atoms with van der Waals surface area (Å²) in [6.45, 7) is 5.70. The molecule has 2 fully saturated rings. The van der Waals surface area contributed by atoms with Crippen LogP contribution in [-0.4, -0.2) is 50.8 Å². The molecule has 0 aliphatic carbocycles. The summed E-state index contributed by atoms with van der Waals surface area (Å²) in [6.07, 6.45) is 8.06. The normalized spacial score (nSPS) is 27.7. The molecular formula is C14H28N2O. The molecule has 1 atom stereocenters. The minimum atomic E-state index is 0.753. The molecule has 0 saturated carbocycles. The number of likely N-dealkylation sites (tertiary alicyclic amines) is 1. The Kier molecular flexibility index (Phi) is 5.75. The van der Waals surface area contributed by atoms with Gasteiger partial charge in [0.15, 0.2) is 0 Å². The third-order valence-corrected chi connectivity index (χ3v) is 4.20. The third-order valence-electron chi connectivity index (χ3n) is 4.20. The summed E-state index contributed by atoms with van der Waals surface area (Å²) in [6, 6.07) is 0.753. The van der Waals surface area contributed by atoms with Crippen molar-refractivity contribution in [3.8, 4) is 0 Å². The first-order valence-electron chi connectivity index (χ1n) is 7.34. The molecule has 1 N–H and O–H groups in total. The number of rotatable bonds is 6. The third kappa shape index (κ3) is 4.94. The SMILES string of the molecule is CN1CCC(NCCCCC2CCOCC2)C1. The average Bonchev–Trinajstić information content (AvgIpc) is 2.76. The van der Waals surface area contributed by atoms with Crippen LogP contribution in [0.5, 0.6) is 0 Å². The van der Waals surface area contributed by atoms with Crippen LogP contribution in [0, 0.1) is 5.92 Å². The van der Waals surface area contributed by atoms with Crippen molar-refractivity contribution < 1.29 is 4.74 Å². The van der Waals surface area contributed by atoms with Crippen LogP contribution >= 0.6 is 0 Å². The molecule has 2 rings (SSSR count). The van der Waals surface area contributed by atoms with Gasteiger partial charge < -0.3 is 15.0 Å². The highest BCUT2D eigenvalue weighted by Gasteiger charge is 2.18. The maximum absolute atomic E-state index is 5.39. The van der Waals surface area contributed by atoms with Crippen LogP contribution in [0.4, 0.5) is 0 Å². The van der Waals surface area contributed by atoms with Crippen LogP contribution in [-0.2, 0) is 4.74 Å². The van der Waals surface area contributed by atoms with Crippen molar-refractivity contribution in [3.63, 3.8) is 0 Å². The topological polar surface area (TPSA) is 24.5 Å². The summed E-state index contributed by atoms with van der Waals surface area (Å²) in [5.74, 6) is 0.946. The quantitative estimate of drug-likeness (QED) is 0.717. The van der Waals surface area contributed by atoms with Crippen LogP contribution in [0.15, 0.2) is 0 Å². The van der Waals surface area contributed by atoms with Gasteiger partial charge in [-0.1, -0.05) is 12.8 Å². The van der Waals surface area contributed by atoms with Gasteiger partial charge in [0, 0.05) is 25.8 Å². The maximum Gasteiger partial charge on any atom is 0.0468 e. The van der Waals surface area contributed by atoms with E-state index < -0.39 is 0 Å². The van der Waals surface area contributed by atoms with Gasteiger partial charge in [0.25, 0.3) is 0 Å². The van der Waals surface area contributed by atoms with Crippen molar-refractivity contribution in [2.75, 3.05) is 39.9 Å². The molecular weight excluding hydrogens is 212 g/mol. The molecule has 0 amide bonds. The first-order valence-corrected chi connectivity index (χ1v) is 7.34. The van der Waals surface area contributed by atoms with E-state index in [1.165, 1.54) is 58.2 Å². The molecule has 0 spiro atoms. The zero-order valence-corrected chi connectivity index (χ0v) is 11.3. The monoisotopic (exact) mass is 240 g/mol. The Balaban J connectivity index is 1.43.